The van der Waals surface area contributed by atoms with Crippen LogP contribution in [0.5, 0.6) is 0 Å². The number of fused-ring (bicyclic) bond motifs is 1. The lowest BCUT2D eigenvalue weighted by Gasteiger charge is -1.99. The molecule has 2 heteroatoms. The lowest BCUT2D eigenvalue weighted by atomic mass is 10.1. The highest BCUT2D eigenvalue weighted by Gasteiger charge is 2.23. The van der Waals surface area contributed by atoms with Gasteiger partial charge in [0.15, 0.2) is 0 Å². The highest BCUT2D eigenvalue weighted by Crippen LogP contribution is 2.34. The Bertz CT molecular complexity index is 495. The first-order chi connectivity index (χ1) is 7.33. The van der Waals surface area contributed by atoms with Gasteiger partial charge in [-0.15, -0.1) is 0 Å². The fourth-order valence-corrected chi connectivity index (χ4v) is 2.09. The van der Waals surface area contributed by atoms with Gasteiger partial charge >= 0.3 is 0 Å². The monoisotopic (exact) mass is 213 g/mol. The summed E-state index contributed by atoms with van der Waals surface area (Å²) in [5.41, 5.74) is 5.20. The van der Waals surface area contributed by atoms with Gasteiger partial charge in [-0.2, -0.15) is 0 Å². The molecule has 0 amide bonds. The highest BCUT2D eigenvalue weighted by molar-refractivity contribution is 7.79. The first-order valence-electron chi connectivity index (χ1n) is 4.64. The number of nitrogens with zero attached hydrogens (tertiary/aromatic N) is 1. The Balaban J connectivity index is 2.78. The predicted molar refractivity (Wildman–Crippen MR) is 69.3 cm³/mol. The Kier molecular flexibility index (Phi) is 2.60. The molecule has 0 spiro atoms. The number of hydrogen-bond acceptors (Lipinski definition) is 2. The molecule has 1 aromatic rings. The second-order valence-electron chi connectivity index (χ2n) is 3.23. The molecule has 0 atom stereocenters. The SMILES string of the molecule is C=CC1=C(C=C)c2ccccc2/C1=N\S. The van der Waals surface area contributed by atoms with Crippen molar-refractivity contribution in [3.05, 3.63) is 66.3 Å². The summed E-state index contributed by atoms with van der Waals surface area (Å²) in [4.78, 5) is 0. The molecule has 1 nitrogen and oxygen atoms in total. The minimum atomic E-state index is 0.874. The van der Waals surface area contributed by atoms with Crippen molar-refractivity contribution in [2.75, 3.05) is 0 Å². The van der Waals surface area contributed by atoms with Crippen molar-refractivity contribution in [1.82, 2.24) is 0 Å². The van der Waals surface area contributed by atoms with Gasteiger partial charge < -0.3 is 0 Å². The molecule has 1 aliphatic carbocycles. The zero-order chi connectivity index (χ0) is 10.8. The van der Waals surface area contributed by atoms with Gasteiger partial charge in [0.2, 0.25) is 0 Å². The van der Waals surface area contributed by atoms with Crippen molar-refractivity contribution in [3.63, 3.8) is 0 Å². The van der Waals surface area contributed by atoms with Crippen molar-refractivity contribution >= 4 is 24.1 Å². The molecule has 0 aromatic heterocycles. The maximum absolute atomic E-state index is 4.01. The van der Waals surface area contributed by atoms with E-state index in [-0.39, 0.29) is 0 Å². The fourth-order valence-electron chi connectivity index (χ4n) is 1.88. The molecule has 0 saturated heterocycles. The molecular weight excluding hydrogens is 202 g/mol. The Morgan fingerprint density at radius 3 is 2.13 bits per heavy atom. The van der Waals surface area contributed by atoms with Gasteiger partial charge in [-0.1, -0.05) is 49.6 Å². The van der Waals surface area contributed by atoms with E-state index in [4.69, 9.17) is 0 Å². The largest absolute Gasteiger partial charge is 0.219 e. The fraction of sp³-hybridized carbons (Fsp3) is 0. The summed E-state index contributed by atoms with van der Waals surface area (Å²) in [5.74, 6) is 0. The number of thiol groups is 1. The van der Waals surface area contributed by atoms with Crippen LogP contribution < -0.4 is 0 Å². The quantitative estimate of drug-likeness (QED) is 0.722. The van der Waals surface area contributed by atoms with Crippen molar-refractivity contribution in [2.45, 2.75) is 0 Å². The van der Waals surface area contributed by atoms with E-state index in [1.165, 1.54) is 0 Å². The van der Waals surface area contributed by atoms with E-state index in [9.17, 15) is 0 Å². The van der Waals surface area contributed by atoms with Crippen LogP contribution in [0.1, 0.15) is 11.1 Å². The summed E-state index contributed by atoms with van der Waals surface area (Å²) in [6.45, 7) is 7.62. The van der Waals surface area contributed by atoms with E-state index in [1.807, 2.05) is 24.3 Å². The second kappa shape index (κ2) is 3.91. The van der Waals surface area contributed by atoms with Crippen LogP contribution in [-0.2, 0) is 0 Å². The summed E-state index contributed by atoms with van der Waals surface area (Å²) in [6, 6.07) is 8.08. The average molecular weight is 213 g/mol. The van der Waals surface area contributed by atoms with Crippen molar-refractivity contribution in [2.24, 2.45) is 4.40 Å². The Labute approximate surface area is 95.1 Å². The Morgan fingerprint density at radius 2 is 1.60 bits per heavy atom. The summed E-state index contributed by atoms with van der Waals surface area (Å²) >= 11 is 4.00. The second-order valence-corrected chi connectivity index (χ2v) is 3.43. The van der Waals surface area contributed by atoms with Crippen molar-refractivity contribution < 1.29 is 0 Å². The first kappa shape index (κ1) is 9.99. The molecule has 0 heterocycles. The number of rotatable bonds is 2. The van der Waals surface area contributed by atoms with E-state index in [0.717, 1.165) is 28.0 Å². The van der Waals surface area contributed by atoms with Gasteiger partial charge in [-0.25, -0.2) is 4.40 Å². The third-order valence-electron chi connectivity index (χ3n) is 2.53. The molecule has 0 aliphatic heterocycles. The van der Waals surface area contributed by atoms with Crippen LogP contribution in [0.3, 0.4) is 0 Å². The molecular formula is C13H11NS. The van der Waals surface area contributed by atoms with Crippen LogP contribution in [0.15, 0.2) is 59.5 Å². The number of benzene rings is 1. The molecule has 1 aromatic carbocycles. The third kappa shape index (κ3) is 1.38. The van der Waals surface area contributed by atoms with Crippen LogP contribution in [0.25, 0.3) is 5.57 Å². The van der Waals surface area contributed by atoms with Crippen LogP contribution >= 0.6 is 12.8 Å². The maximum Gasteiger partial charge on any atom is 0.0866 e. The molecule has 74 valence electrons. The normalized spacial score (nSPS) is 16.7. The number of allylic oxidation sites excluding steroid dienone is 4. The Hall–Kier alpha value is -1.54. The summed E-state index contributed by atoms with van der Waals surface area (Å²) < 4.78 is 4.01. The zero-order valence-electron chi connectivity index (χ0n) is 8.27. The van der Waals surface area contributed by atoms with Gasteiger partial charge in [0.05, 0.1) is 5.71 Å². The minimum Gasteiger partial charge on any atom is -0.219 e. The smallest absolute Gasteiger partial charge is 0.0866 e. The van der Waals surface area contributed by atoms with Crippen molar-refractivity contribution in [3.8, 4) is 0 Å². The molecule has 0 fully saturated rings. The zero-order valence-corrected chi connectivity index (χ0v) is 9.17. The maximum atomic E-state index is 4.01. The van der Waals surface area contributed by atoms with Gasteiger partial charge in [0, 0.05) is 11.1 Å². The summed E-state index contributed by atoms with van der Waals surface area (Å²) in [7, 11) is 0. The molecule has 15 heavy (non-hydrogen) atoms. The predicted octanol–water partition coefficient (Wildman–Crippen LogP) is 3.46. The summed E-state index contributed by atoms with van der Waals surface area (Å²) in [6.07, 6.45) is 3.63. The number of hydrogen-bond donors (Lipinski definition) is 1. The van der Waals surface area contributed by atoms with E-state index in [2.05, 4.69) is 36.4 Å². The lowest BCUT2D eigenvalue weighted by molar-refractivity contribution is 1.61. The molecule has 0 unspecified atom stereocenters. The van der Waals surface area contributed by atoms with Gasteiger partial charge in [-0.05, 0) is 24.0 Å². The van der Waals surface area contributed by atoms with E-state index >= 15 is 0 Å². The molecule has 1 aliphatic rings. The summed E-state index contributed by atoms with van der Waals surface area (Å²) in [5, 5.41) is 0. The first-order valence-corrected chi connectivity index (χ1v) is 5.04. The standard InChI is InChI=1S/C13H11NS/c1-3-9-10(4-2)13(14-15)12-8-6-5-7-11(9)12/h3-8,15H,1-2H2/b14-13-. The third-order valence-corrected chi connectivity index (χ3v) is 2.73. The topological polar surface area (TPSA) is 12.4 Å². The Morgan fingerprint density at radius 1 is 1.00 bits per heavy atom. The molecule has 0 bridgehead atoms. The van der Waals surface area contributed by atoms with Gasteiger partial charge in [-0.3, -0.25) is 0 Å². The average Bonchev–Trinajstić information content (AvgIpc) is 2.61. The van der Waals surface area contributed by atoms with Crippen molar-refractivity contribution in [1.29, 1.82) is 0 Å². The van der Waals surface area contributed by atoms with E-state index in [1.54, 1.807) is 6.08 Å². The van der Waals surface area contributed by atoms with E-state index in [0.29, 0.717) is 0 Å². The molecule has 2 rings (SSSR count). The highest BCUT2D eigenvalue weighted by atomic mass is 32.1. The van der Waals surface area contributed by atoms with Gasteiger partial charge in [0.1, 0.15) is 0 Å². The lowest BCUT2D eigenvalue weighted by Crippen LogP contribution is -1.96. The molecule has 0 saturated carbocycles. The van der Waals surface area contributed by atoms with Crippen LogP contribution in [0.2, 0.25) is 0 Å². The van der Waals surface area contributed by atoms with E-state index < -0.39 is 0 Å². The minimum absolute atomic E-state index is 0.874. The van der Waals surface area contributed by atoms with Gasteiger partial charge in [0.25, 0.3) is 0 Å². The van der Waals surface area contributed by atoms with Crippen LogP contribution in [-0.4, -0.2) is 5.71 Å². The van der Waals surface area contributed by atoms with Crippen LogP contribution in [0.4, 0.5) is 0 Å². The molecule has 0 N–H and O–H groups in total. The molecule has 0 radical (unpaired) electrons. The van der Waals surface area contributed by atoms with Crippen LogP contribution in [0, 0.1) is 0 Å².